The zero-order valence-electron chi connectivity index (χ0n) is 15.7. The van der Waals surface area contributed by atoms with Gasteiger partial charge in [0.15, 0.2) is 0 Å². The minimum Gasteiger partial charge on any atom is -0.481 e. The number of anilines is 1. The van der Waals surface area contributed by atoms with Gasteiger partial charge in [0.1, 0.15) is 5.00 Å². The molecule has 0 saturated carbocycles. The van der Waals surface area contributed by atoms with E-state index in [9.17, 15) is 19.5 Å². The second-order valence-corrected chi connectivity index (χ2v) is 7.75. The first-order chi connectivity index (χ1) is 13.9. The molecule has 29 heavy (non-hydrogen) atoms. The van der Waals surface area contributed by atoms with E-state index in [1.165, 1.54) is 11.3 Å². The molecule has 3 aromatic rings. The minimum atomic E-state index is -1.09. The fourth-order valence-electron chi connectivity index (χ4n) is 3.22. The SMILES string of the molecule is Cc1sc(NC(=O)CC(C(=O)O)c2ccccc2)c(C(N)=O)c1-c1ccccc1. The number of rotatable bonds is 7. The Morgan fingerprint density at radius 2 is 1.62 bits per heavy atom. The molecule has 0 saturated heterocycles. The van der Waals surface area contributed by atoms with Crippen molar-refractivity contribution in [1.29, 1.82) is 0 Å². The van der Waals surface area contributed by atoms with Gasteiger partial charge in [-0.25, -0.2) is 0 Å². The van der Waals surface area contributed by atoms with Gasteiger partial charge in [0, 0.05) is 16.9 Å². The molecule has 0 fully saturated rings. The first kappa shape index (κ1) is 20.3. The largest absolute Gasteiger partial charge is 0.481 e. The molecule has 7 heteroatoms. The van der Waals surface area contributed by atoms with Gasteiger partial charge < -0.3 is 16.2 Å². The van der Waals surface area contributed by atoms with Crippen LogP contribution < -0.4 is 11.1 Å². The van der Waals surface area contributed by atoms with E-state index in [0.717, 1.165) is 10.4 Å². The average molecular weight is 408 g/mol. The molecule has 0 bridgehead atoms. The Morgan fingerprint density at radius 1 is 1.03 bits per heavy atom. The van der Waals surface area contributed by atoms with Crippen molar-refractivity contribution in [3.8, 4) is 11.1 Å². The van der Waals surface area contributed by atoms with Crippen molar-refractivity contribution in [1.82, 2.24) is 0 Å². The molecule has 2 aromatic carbocycles. The third kappa shape index (κ3) is 4.52. The van der Waals surface area contributed by atoms with Crippen LogP contribution in [0.5, 0.6) is 0 Å². The maximum atomic E-state index is 12.6. The topological polar surface area (TPSA) is 109 Å². The molecule has 2 amide bonds. The van der Waals surface area contributed by atoms with Gasteiger partial charge in [0.2, 0.25) is 5.91 Å². The summed E-state index contributed by atoms with van der Waals surface area (Å²) in [5, 5.41) is 12.6. The molecule has 0 aliphatic carbocycles. The number of carboxylic acids is 1. The number of nitrogens with two attached hydrogens (primary N) is 1. The number of benzene rings is 2. The molecule has 1 atom stereocenters. The Balaban J connectivity index is 1.89. The number of carboxylic acid groups (broad SMARTS) is 1. The lowest BCUT2D eigenvalue weighted by Crippen LogP contribution is -2.22. The Bertz CT molecular complexity index is 1050. The number of hydrogen-bond acceptors (Lipinski definition) is 4. The van der Waals surface area contributed by atoms with E-state index in [1.54, 1.807) is 30.3 Å². The summed E-state index contributed by atoms with van der Waals surface area (Å²) in [4.78, 5) is 37.2. The van der Waals surface area contributed by atoms with Gasteiger partial charge in [-0.3, -0.25) is 14.4 Å². The number of carbonyl (C=O) groups is 3. The summed E-state index contributed by atoms with van der Waals surface area (Å²) in [6.45, 7) is 1.85. The maximum absolute atomic E-state index is 12.6. The van der Waals surface area contributed by atoms with E-state index >= 15 is 0 Å². The maximum Gasteiger partial charge on any atom is 0.311 e. The Hall–Kier alpha value is -3.45. The highest BCUT2D eigenvalue weighted by Gasteiger charge is 2.26. The molecule has 0 radical (unpaired) electrons. The molecule has 0 spiro atoms. The average Bonchev–Trinajstić information content (AvgIpc) is 3.03. The second kappa shape index (κ2) is 8.70. The lowest BCUT2D eigenvalue weighted by atomic mass is 9.95. The van der Waals surface area contributed by atoms with Gasteiger partial charge in [-0.1, -0.05) is 60.7 Å². The molecule has 148 valence electrons. The van der Waals surface area contributed by atoms with Crippen LogP contribution in [0.4, 0.5) is 5.00 Å². The number of aryl methyl sites for hydroxylation is 1. The summed E-state index contributed by atoms with van der Waals surface area (Å²) >= 11 is 1.24. The number of aliphatic carboxylic acids is 1. The van der Waals surface area contributed by atoms with Gasteiger partial charge in [0.25, 0.3) is 5.91 Å². The summed E-state index contributed by atoms with van der Waals surface area (Å²) in [5.41, 5.74) is 7.88. The highest BCUT2D eigenvalue weighted by atomic mass is 32.1. The molecular weight excluding hydrogens is 388 g/mol. The molecule has 1 heterocycles. The first-order valence-corrected chi connectivity index (χ1v) is 9.76. The lowest BCUT2D eigenvalue weighted by Gasteiger charge is -2.13. The van der Waals surface area contributed by atoms with E-state index in [-0.39, 0.29) is 12.0 Å². The van der Waals surface area contributed by atoms with Crippen LogP contribution in [-0.4, -0.2) is 22.9 Å². The van der Waals surface area contributed by atoms with Crippen molar-refractivity contribution in [2.75, 3.05) is 5.32 Å². The smallest absolute Gasteiger partial charge is 0.311 e. The van der Waals surface area contributed by atoms with E-state index in [2.05, 4.69) is 5.32 Å². The van der Waals surface area contributed by atoms with E-state index in [4.69, 9.17) is 5.73 Å². The molecule has 0 aliphatic rings. The summed E-state index contributed by atoms with van der Waals surface area (Å²) < 4.78 is 0. The predicted molar refractivity (Wildman–Crippen MR) is 113 cm³/mol. The zero-order valence-corrected chi connectivity index (χ0v) is 16.5. The molecule has 3 rings (SSSR count). The van der Waals surface area contributed by atoms with Gasteiger partial charge in [0.05, 0.1) is 11.5 Å². The van der Waals surface area contributed by atoms with Gasteiger partial charge >= 0.3 is 5.97 Å². The van der Waals surface area contributed by atoms with Crippen molar-refractivity contribution in [3.05, 3.63) is 76.7 Å². The number of thiophene rings is 1. The van der Waals surface area contributed by atoms with Crippen LogP contribution >= 0.6 is 11.3 Å². The predicted octanol–water partition coefficient (Wildman–Crippen LogP) is 4.02. The highest BCUT2D eigenvalue weighted by Crippen LogP contribution is 2.39. The molecular formula is C22H20N2O4S. The zero-order chi connectivity index (χ0) is 21.0. The monoisotopic (exact) mass is 408 g/mol. The Morgan fingerprint density at radius 3 is 2.17 bits per heavy atom. The Kier molecular flexibility index (Phi) is 6.09. The second-order valence-electron chi connectivity index (χ2n) is 6.52. The van der Waals surface area contributed by atoms with Gasteiger partial charge in [-0.05, 0) is 18.1 Å². The summed E-state index contributed by atoms with van der Waals surface area (Å²) in [5.74, 6) is -3.22. The van der Waals surface area contributed by atoms with Crippen LogP contribution in [0.25, 0.3) is 11.1 Å². The lowest BCUT2D eigenvalue weighted by molar-refractivity contribution is -0.140. The number of amides is 2. The molecule has 0 aliphatic heterocycles. The summed E-state index contributed by atoms with van der Waals surface area (Å²) in [6, 6.07) is 17.9. The Labute approximate surface area is 172 Å². The number of hydrogen-bond donors (Lipinski definition) is 3. The normalized spacial score (nSPS) is 11.6. The number of carbonyl (C=O) groups excluding carboxylic acids is 2. The fraction of sp³-hybridized carbons (Fsp3) is 0.136. The van der Waals surface area contributed by atoms with Crippen molar-refractivity contribution >= 4 is 34.1 Å². The standard InChI is InChI=1S/C22H20N2O4S/c1-13-18(15-10-6-3-7-11-15)19(20(23)26)21(29-13)24-17(25)12-16(22(27)28)14-8-4-2-5-9-14/h2-11,16H,12H2,1H3,(H2,23,26)(H,24,25)(H,27,28). The van der Waals surface area contributed by atoms with Crippen LogP contribution in [0.2, 0.25) is 0 Å². The van der Waals surface area contributed by atoms with E-state index in [0.29, 0.717) is 16.1 Å². The minimum absolute atomic E-state index is 0.235. The van der Waals surface area contributed by atoms with Crippen molar-refractivity contribution in [2.24, 2.45) is 5.73 Å². The van der Waals surface area contributed by atoms with Crippen LogP contribution in [0.1, 0.15) is 33.1 Å². The molecule has 4 N–H and O–H groups in total. The van der Waals surface area contributed by atoms with Crippen LogP contribution in [0.3, 0.4) is 0 Å². The quantitative estimate of drug-likeness (QED) is 0.548. The highest BCUT2D eigenvalue weighted by molar-refractivity contribution is 7.17. The van der Waals surface area contributed by atoms with Gasteiger partial charge in [-0.2, -0.15) is 0 Å². The van der Waals surface area contributed by atoms with Crippen molar-refractivity contribution in [3.63, 3.8) is 0 Å². The van der Waals surface area contributed by atoms with E-state index in [1.807, 2.05) is 37.3 Å². The third-order valence-electron chi connectivity index (χ3n) is 4.54. The van der Waals surface area contributed by atoms with Crippen molar-refractivity contribution < 1.29 is 19.5 Å². The summed E-state index contributed by atoms with van der Waals surface area (Å²) in [7, 11) is 0. The molecule has 6 nitrogen and oxygen atoms in total. The van der Waals surface area contributed by atoms with Crippen LogP contribution in [-0.2, 0) is 9.59 Å². The number of nitrogens with one attached hydrogen (secondary N) is 1. The van der Waals surface area contributed by atoms with E-state index < -0.39 is 23.7 Å². The third-order valence-corrected chi connectivity index (χ3v) is 5.56. The summed E-state index contributed by atoms with van der Waals surface area (Å²) in [6.07, 6.45) is -0.255. The van der Waals surface area contributed by atoms with Gasteiger partial charge in [-0.15, -0.1) is 11.3 Å². The first-order valence-electron chi connectivity index (χ1n) is 8.94. The fourth-order valence-corrected chi connectivity index (χ4v) is 4.31. The molecule has 1 aromatic heterocycles. The number of primary amides is 1. The molecule has 1 unspecified atom stereocenters. The van der Waals surface area contributed by atoms with Crippen molar-refractivity contribution in [2.45, 2.75) is 19.3 Å². The van der Waals surface area contributed by atoms with Crippen LogP contribution in [0.15, 0.2) is 60.7 Å². The van der Waals surface area contributed by atoms with Crippen LogP contribution in [0, 0.1) is 6.92 Å².